The number of anilines is 1. The summed E-state index contributed by atoms with van der Waals surface area (Å²) in [6.07, 6.45) is 1.13. The van der Waals surface area contributed by atoms with Gasteiger partial charge in [-0.15, -0.1) is 11.3 Å². The molecule has 7 heteroatoms. The molecule has 0 aromatic carbocycles. The van der Waals surface area contributed by atoms with E-state index in [1.165, 1.54) is 0 Å². The van der Waals surface area contributed by atoms with Gasteiger partial charge in [-0.1, -0.05) is 13.0 Å². The third kappa shape index (κ3) is 3.13. The van der Waals surface area contributed by atoms with Crippen LogP contribution in [0.25, 0.3) is 10.6 Å². The van der Waals surface area contributed by atoms with Crippen molar-refractivity contribution in [2.24, 2.45) is 5.92 Å². The van der Waals surface area contributed by atoms with E-state index in [1.54, 1.807) is 17.4 Å². The van der Waals surface area contributed by atoms with E-state index in [2.05, 4.69) is 20.8 Å². The first kappa shape index (κ1) is 13.8. The van der Waals surface area contributed by atoms with Crippen LogP contribution in [0.4, 0.5) is 5.82 Å². The second-order valence-electron chi connectivity index (χ2n) is 5.30. The van der Waals surface area contributed by atoms with Crippen LogP contribution in [0.1, 0.15) is 19.8 Å². The summed E-state index contributed by atoms with van der Waals surface area (Å²) < 4.78 is 0. The predicted octanol–water partition coefficient (Wildman–Crippen LogP) is 1.99. The number of thiophene rings is 1. The number of amides is 2. The predicted molar refractivity (Wildman–Crippen MR) is 80.9 cm³/mol. The van der Waals surface area contributed by atoms with Gasteiger partial charge in [-0.2, -0.15) is 5.10 Å². The quantitative estimate of drug-likeness (QED) is 0.810. The molecule has 0 saturated carbocycles. The largest absolute Gasteiger partial charge is 0.344 e. The molecule has 0 radical (unpaired) electrons. The summed E-state index contributed by atoms with van der Waals surface area (Å²) in [4.78, 5) is 24.7. The van der Waals surface area contributed by atoms with Gasteiger partial charge in [0, 0.05) is 12.5 Å². The summed E-state index contributed by atoms with van der Waals surface area (Å²) >= 11 is 1.60. The number of carbonyl (C=O) groups excluding carboxylic acids is 2. The number of aromatic nitrogens is 2. The number of nitrogens with one attached hydrogen (secondary N) is 3. The maximum absolute atomic E-state index is 12.2. The van der Waals surface area contributed by atoms with Crippen LogP contribution in [0.2, 0.25) is 0 Å². The lowest BCUT2D eigenvalue weighted by Crippen LogP contribution is -2.48. The molecule has 6 nitrogen and oxygen atoms in total. The van der Waals surface area contributed by atoms with E-state index >= 15 is 0 Å². The van der Waals surface area contributed by atoms with E-state index in [0.29, 0.717) is 18.7 Å². The average molecular weight is 304 g/mol. The molecule has 2 aromatic rings. The molecular weight excluding hydrogens is 288 g/mol. The fourth-order valence-corrected chi connectivity index (χ4v) is 3.14. The molecule has 1 fully saturated rings. The Hall–Kier alpha value is -2.15. The van der Waals surface area contributed by atoms with E-state index in [1.807, 2.05) is 24.4 Å². The molecule has 3 N–H and O–H groups in total. The number of piperidine rings is 1. The highest BCUT2D eigenvalue weighted by molar-refractivity contribution is 7.13. The second-order valence-corrected chi connectivity index (χ2v) is 6.25. The molecule has 1 saturated heterocycles. The Morgan fingerprint density at radius 1 is 1.52 bits per heavy atom. The van der Waals surface area contributed by atoms with E-state index in [9.17, 15) is 9.59 Å². The molecule has 21 heavy (non-hydrogen) atoms. The van der Waals surface area contributed by atoms with Gasteiger partial charge in [0.1, 0.15) is 6.04 Å². The first-order valence-electron chi connectivity index (χ1n) is 6.81. The van der Waals surface area contributed by atoms with Crippen molar-refractivity contribution in [3.8, 4) is 10.6 Å². The summed E-state index contributed by atoms with van der Waals surface area (Å²) in [6.45, 7) is 1.97. The van der Waals surface area contributed by atoms with Gasteiger partial charge in [0.25, 0.3) is 0 Å². The third-order valence-corrected chi connectivity index (χ3v) is 4.34. The van der Waals surface area contributed by atoms with Crippen LogP contribution >= 0.6 is 11.3 Å². The van der Waals surface area contributed by atoms with Gasteiger partial charge in [0.05, 0.1) is 10.6 Å². The number of carbonyl (C=O) groups is 2. The SMILES string of the molecule is C[C@H]1CC(=O)N[C@@H](C(=O)Nc2cc(-c3cccs3)[nH]n2)C1. The zero-order valence-corrected chi connectivity index (χ0v) is 12.4. The summed E-state index contributed by atoms with van der Waals surface area (Å²) in [6, 6.07) is 5.24. The summed E-state index contributed by atoms with van der Waals surface area (Å²) in [5.41, 5.74) is 0.862. The maximum atomic E-state index is 12.2. The molecule has 0 unspecified atom stereocenters. The van der Waals surface area contributed by atoms with Gasteiger partial charge < -0.3 is 10.6 Å². The normalized spacial score (nSPS) is 21.9. The smallest absolute Gasteiger partial charge is 0.248 e. The van der Waals surface area contributed by atoms with E-state index in [0.717, 1.165) is 10.6 Å². The van der Waals surface area contributed by atoms with Crippen molar-refractivity contribution >= 4 is 29.0 Å². The Bertz CT molecular complexity index is 650. The molecule has 0 spiro atoms. The topological polar surface area (TPSA) is 86.9 Å². The lowest BCUT2D eigenvalue weighted by molar-refractivity contribution is -0.129. The van der Waals surface area contributed by atoms with Crippen molar-refractivity contribution in [2.75, 3.05) is 5.32 Å². The number of hydrogen-bond acceptors (Lipinski definition) is 4. The standard InChI is InChI=1S/C14H16N4O2S/c1-8-5-10(15-13(19)6-8)14(20)16-12-7-9(17-18-12)11-3-2-4-21-11/h2-4,7-8,10H,5-6H2,1H3,(H,15,19)(H2,16,17,18,20)/t8-,10-/m1/s1. The van der Waals surface area contributed by atoms with Crippen molar-refractivity contribution < 1.29 is 9.59 Å². The Balaban J connectivity index is 1.66. The number of nitrogens with zero attached hydrogens (tertiary/aromatic N) is 1. The third-order valence-electron chi connectivity index (χ3n) is 3.44. The Labute approximate surface area is 125 Å². The van der Waals surface area contributed by atoms with Gasteiger partial charge in [0.2, 0.25) is 11.8 Å². The number of rotatable bonds is 3. The van der Waals surface area contributed by atoms with Crippen molar-refractivity contribution in [1.29, 1.82) is 0 Å². The van der Waals surface area contributed by atoms with Crippen LogP contribution < -0.4 is 10.6 Å². The van der Waals surface area contributed by atoms with E-state index in [4.69, 9.17) is 0 Å². The number of aromatic amines is 1. The molecule has 3 heterocycles. The first-order chi connectivity index (χ1) is 10.1. The first-order valence-corrected chi connectivity index (χ1v) is 7.69. The van der Waals surface area contributed by atoms with Crippen LogP contribution in [0.15, 0.2) is 23.6 Å². The highest BCUT2D eigenvalue weighted by atomic mass is 32.1. The zero-order valence-electron chi connectivity index (χ0n) is 11.6. The molecule has 2 amide bonds. The van der Waals surface area contributed by atoms with Gasteiger partial charge in [-0.05, 0) is 23.8 Å². The molecular formula is C14H16N4O2S. The highest BCUT2D eigenvalue weighted by Crippen LogP contribution is 2.24. The van der Waals surface area contributed by atoms with Crippen LogP contribution in [0.3, 0.4) is 0 Å². The van der Waals surface area contributed by atoms with E-state index < -0.39 is 6.04 Å². The lowest BCUT2D eigenvalue weighted by atomic mass is 9.93. The Morgan fingerprint density at radius 3 is 3.10 bits per heavy atom. The van der Waals surface area contributed by atoms with Crippen molar-refractivity contribution in [3.05, 3.63) is 23.6 Å². The average Bonchev–Trinajstić information content (AvgIpc) is 3.07. The molecule has 1 aliphatic heterocycles. The van der Waals surface area contributed by atoms with Gasteiger partial charge in [-0.25, -0.2) is 0 Å². The molecule has 0 bridgehead atoms. The minimum absolute atomic E-state index is 0.0739. The second kappa shape index (κ2) is 5.69. The Morgan fingerprint density at radius 2 is 2.38 bits per heavy atom. The maximum Gasteiger partial charge on any atom is 0.248 e. The minimum atomic E-state index is -0.483. The van der Waals surface area contributed by atoms with Crippen LogP contribution in [-0.4, -0.2) is 28.1 Å². The van der Waals surface area contributed by atoms with Crippen LogP contribution in [0.5, 0.6) is 0 Å². The molecule has 2 aromatic heterocycles. The van der Waals surface area contributed by atoms with Crippen LogP contribution in [0, 0.1) is 5.92 Å². The van der Waals surface area contributed by atoms with Gasteiger partial charge in [0.15, 0.2) is 5.82 Å². The molecule has 2 atom stereocenters. The summed E-state index contributed by atoms with van der Waals surface area (Å²) in [5.74, 6) is 0.389. The monoisotopic (exact) mass is 304 g/mol. The highest BCUT2D eigenvalue weighted by Gasteiger charge is 2.29. The minimum Gasteiger partial charge on any atom is -0.344 e. The zero-order chi connectivity index (χ0) is 14.8. The van der Waals surface area contributed by atoms with E-state index in [-0.39, 0.29) is 17.7 Å². The van der Waals surface area contributed by atoms with Crippen LogP contribution in [-0.2, 0) is 9.59 Å². The fraction of sp³-hybridized carbons (Fsp3) is 0.357. The number of H-pyrrole nitrogens is 1. The molecule has 1 aliphatic rings. The van der Waals surface area contributed by atoms with Gasteiger partial charge >= 0.3 is 0 Å². The molecule has 3 rings (SSSR count). The summed E-state index contributed by atoms with van der Waals surface area (Å²) in [7, 11) is 0. The lowest BCUT2D eigenvalue weighted by Gasteiger charge is -2.26. The van der Waals surface area contributed by atoms with Crippen molar-refractivity contribution in [1.82, 2.24) is 15.5 Å². The van der Waals surface area contributed by atoms with Crippen molar-refractivity contribution in [3.63, 3.8) is 0 Å². The molecule has 110 valence electrons. The fourth-order valence-electron chi connectivity index (χ4n) is 2.44. The van der Waals surface area contributed by atoms with Gasteiger partial charge in [-0.3, -0.25) is 14.7 Å². The number of hydrogen-bond donors (Lipinski definition) is 3. The molecule has 0 aliphatic carbocycles. The summed E-state index contributed by atoms with van der Waals surface area (Å²) in [5, 5.41) is 14.4. The Kier molecular flexibility index (Phi) is 3.74. The van der Waals surface area contributed by atoms with Crippen molar-refractivity contribution in [2.45, 2.75) is 25.8 Å².